The van der Waals surface area contributed by atoms with Crippen LogP contribution in [0.2, 0.25) is 0 Å². The van der Waals surface area contributed by atoms with Crippen molar-refractivity contribution < 1.29 is 4.79 Å². The van der Waals surface area contributed by atoms with Crippen LogP contribution in [0.3, 0.4) is 0 Å². The molecule has 6 nitrogen and oxygen atoms in total. The van der Waals surface area contributed by atoms with Gasteiger partial charge in [-0.25, -0.2) is 9.67 Å². The second kappa shape index (κ2) is 6.91. The number of amides is 1. The molecule has 2 aromatic rings. The molecule has 1 amide bonds. The van der Waals surface area contributed by atoms with E-state index in [4.69, 9.17) is 0 Å². The van der Waals surface area contributed by atoms with Gasteiger partial charge in [0.15, 0.2) is 5.82 Å². The van der Waals surface area contributed by atoms with Crippen LogP contribution in [0.15, 0.2) is 24.4 Å². The number of aromatic nitrogens is 3. The number of hydrogen-bond acceptors (Lipinski definition) is 4. The van der Waals surface area contributed by atoms with Crippen LogP contribution in [0.1, 0.15) is 34.6 Å². The number of carbonyl (C=O) groups excluding carboxylic acids is 1. The highest BCUT2D eigenvalue weighted by Crippen LogP contribution is 2.11. The first kappa shape index (κ1) is 15.7. The SMILES string of the molecule is Cc1cc(C)n(-c2ccc(C(=O)NCC3CCCNC3)cn2)n1. The fourth-order valence-electron chi connectivity index (χ4n) is 2.94. The van der Waals surface area contributed by atoms with Crippen molar-refractivity contribution in [3.05, 3.63) is 41.3 Å². The highest BCUT2D eigenvalue weighted by atomic mass is 16.1. The Labute approximate surface area is 136 Å². The van der Waals surface area contributed by atoms with Gasteiger partial charge in [0, 0.05) is 18.4 Å². The quantitative estimate of drug-likeness (QED) is 0.899. The Morgan fingerprint density at radius 1 is 1.43 bits per heavy atom. The minimum absolute atomic E-state index is 0.0667. The predicted molar refractivity (Wildman–Crippen MR) is 88.8 cm³/mol. The van der Waals surface area contributed by atoms with Crippen LogP contribution in [0.25, 0.3) is 5.82 Å². The Balaban J connectivity index is 1.62. The molecule has 1 aliphatic heterocycles. The summed E-state index contributed by atoms with van der Waals surface area (Å²) >= 11 is 0. The molecular formula is C17H23N5O. The first-order chi connectivity index (χ1) is 11.1. The van der Waals surface area contributed by atoms with Crippen LogP contribution < -0.4 is 10.6 Å². The van der Waals surface area contributed by atoms with E-state index in [0.29, 0.717) is 18.0 Å². The van der Waals surface area contributed by atoms with Gasteiger partial charge in [-0.2, -0.15) is 5.10 Å². The molecule has 23 heavy (non-hydrogen) atoms. The summed E-state index contributed by atoms with van der Waals surface area (Å²) in [7, 11) is 0. The van der Waals surface area contributed by atoms with Crippen LogP contribution in [0.4, 0.5) is 0 Å². The molecule has 1 unspecified atom stereocenters. The summed E-state index contributed by atoms with van der Waals surface area (Å²) in [6.45, 7) is 6.72. The van der Waals surface area contributed by atoms with Crippen molar-refractivity contribution in [1.29, 1.82) is 0 Å². The number of carbonyl (C=O) groups is 1. The van der Waals surface area contributed by atoms with Crippen LogP contribution in [-0.2, 0) is 0 Å². The van der Waals surface area contributed by atoms with Crippen LogP contribution in [0, 0.1) is 19.8 Å². The zero-order chi connectivity index (χ0) is 16.2. The number of piperidine rings is 1. The van der Waals surface area contributed by atoms with Crippen molar-refractivity contribution in [3.63, 3.8) is 0 Å². The second-order valence-electron chi connectivity index (χ2n) is 6.17. The molecule has 1 fully saturated rings. The third kappa shape index (κ3) is 3.76. The zero-order valence-electron chi connectivity index (χ0n) is 13.7. The molecular weight excluding hydrogens is 290 g/mol. The summed E-state index contributed by atoms with van der Waals surface area (Å²) in [6, 6.07) is 5.63. The van der Waals surface area contributed by atoms with Crippen molar-refractivity contribution >= 4 is 5.91 Å². The molecule has 3 heterocycles. The standard InChI is InChI=1S/C17H23N5O/c1-12-8-13(2)22(21-12)16-6-5-15(11-19-16)17(23)20-10-14-4-3-7-18-9-14/h5-6,8,11,14,18H,3-4,7,9-10H2,1-2H3,(H,20,23). The summed E-state index contributed by atoms with van der Waals surface area (Å²) in [5.41, 5.74) is 2.56. The monoisotopic (exact) mass is 313 g/mol. The topological polar surface area (TPSA) is 71.8 Å². The van der Waals surface area contributed by atoms with E-state index in [-0.39, 0.29) is 5.91 Å². The minimum Gasteiger partial charge on any atom is -0.352 e. The largest absolute Gasteiger partial charge is 0.352 e. The smallest absolute Gasteiger partial charge is 0.252 e. The van der Waals surface area contributed by atoms with E-state index in [1.54, 1.807) is 16.9 Å². The number of hydrogen-bond donors (Lipinski definition) is 2. The molecule has 0 radical (unpaired) electrons. The molecule has 2 aromatic heterocycles. The second-order valence-corrected chi connectivity index (χ2v) is 6.17. The highest BCUT2D eigenvalue weighted by Gasteiger charge is 2.15. The van der Waals surface area contributed by atoms with Gasteiger partial charge in [0.25, 0.3) is 5.91 Å². The summed E-state index contributed by atoms with van der Waals surface area (Å²) in [5.74, 6) is 1.18. The van der Waals surface area contributed by atoms with Gasteiger partial charge in [0.05, 0.1) is 11.3 Å². The van der Waals surface area contributed by atoms with Crippen molar-refractivity contribution in [2.45, 2.75) is 26.7 Å². The van der Waals surface area contributed by atoms with Gasteiger partial charge in [-0.3, -0.25) is 4.79 Å². The maximum absolute atomic E-state index is 12.2. The van der Waals surface area contributed by atoms with Crippen molar-refractivity contribution in [3.8, 4) is 5.82 Å². The number of pyridine rings is 1. The van der Waals surface area contributed by atoms with Crippen molar-refractivity contribution in [2.75, 3.05) is 19.6 Å². The summed E-state index contributed by atoms with van der Waals surface area (Å²) in [5, 5.41) is 10.8. The molecule has 0 bridgehead atoms. The third-order valence-corrected chi connectivity index (χ3v) is 4.19. The highest BCUT2D eigenvalue weighted by molar-refractivity contribution is 5.93. The molecule has 122 valence electrons. The Morgan fingerprint density at radius 2 is 2.30 bits per heavy atom. The minimum atomic E-state index is -0.0667. The van der Waals surface area contributed by atoms with E-state index in [1.807, 2.05) is 26.0 Å². The fourth-order valence-corrected chi connectivity index (χ4v) is 2.94. The molecule has 1 saturated heterocycles. The molecule has 0 aromatic carbocycles. The maximum Gasteiger partial charge on any atom is 0.252 e. The molecule has 0 aliphatic carbocycles. The lowest BCUT2D eigenvalue weighted by Crippen LogP contribution is -2.38. The average Bonchev–Trinajstić information content (AvgIpc) is 2.92. The number of aryl methyl sites for hydroxylation is 2. The molecule has 1 atom stereocenters. The normalized spacial score (nSPS) is 17.9. The summed E-state index contributed by atoms with van der Waals surface area (Å²) < 4.78 is 1.78. The Kier molecular flexibility index (Phi) is 4.71. The Hall–Kier alpha value is -2.21. The van der Waals surface area contributed by atoms with Gasteiger partial charge in [0.2, 0.25) is 0 Å². The van der Waals surface area contributed by atoms with Crippen molar-refractivity contribution in [2.24, 2.45) is 5.92 Å². The first-order valence-corrected chi connectivity index (χ1v) is 8.12. The van der Waals surface area contributed by atoms with E-state index in [9.17, 15) is 4.79 Å². The van der Waals surface area contributed by atoms with Crippen LogP contribution in [-0.4, -0.2) is 40.3 Å². The molecule has 6 heteroatoms. The van der Waals surface area contributed by atoms with E-state index in [0.717, 1.165) is 30.3 Å². The summed E-state index contributed by atoms with van der Waals surface area (Å²) in [4.78, 5) is 16.6. The lowest BCUT2D eigenvalue weighted by atomic mass is 10.00. The molecule has 0 saturated carbocycles. The number of nitrogens with zero attached hydrogens (tertiary/aromatic N) is 3. The van der Waals surface area contributed by atoms with E-state index >= 15 is 0 Å². The van der Waals surface area contributed by atoms with Gasteiger partial charge >= 0.3 is 0 Å². The molecule has 1 aliphatic rings. The van der Waals surface area contributed by atoms with Crippen LogP contribution in [0.5, 0.6) is 0 Å². The average molecular weight is 313 g/mol. The van der Waals surface area contributed by atoms with Crippen LogP contribution >= 0.6 is 0 Å². The van der Waals surface area contributed by atoms with E-state index in [2.05, 4.69) is 20.7 Å². The lowest BCUT2D eigenvalue weighted by molar-refractivity contribution is 0.0944. The molecule has 3 rings (SSSR count). The fraction of sp³-hybridized carbons (Fsp3) is 0.471. The van der Waals surface area contributed by atoms with Gasteiger partial charge in [-0.1, -0.05) is 0 Å². The van der Waals surface area contributed by atoms with Gasteiger partial charge in [-0.15, -0.1) is 0 Å². The van der Waals surface area contributed by atoms with Gasteiger partial charge in [0.1, 0.15) is 0 Å². The predicted octanol–water partition coefficient (Wildman–Crippen LogP) is 1.61. The Morgan fingerprint density at radius 3 is 2.91 bits per heavy atom. The van der Waals surface area contributed by atoms with Gasteiger partial charge < -0.3 is 10.6 Å². The lowest BCUT2D eigenvalue weighted by Gasteiger charge is -2.22. The molecule has 2 N–H and O–H groups in total. The first-order valence-electron chi connectivity index (χ1n) is 8.12. The van der Waals surface area contributed by atoms with Gasteiger partial charge in [-0.05, 0) is 63.9 Å². The zero-order valence-corrected chi connectivity index (χ0v) is 13.7. The van der Waals surface area contributed by atoms with E-state index in [1.165, 1.54) is 12.8 Å². The van der Waals surface area contributed by atoms with Crippen molar-refractivity contribution in [1.82, 2.24) is 25.4 Å². The number of rotatable bonds is 4. The summed E-state index contributed by atoms with van der Waals surface area (Å²) in [6.07, 6.45) is 3.96. The Bertz CT molecular complexity index is 671. The van der Waals surface area contributed by atoms with E-state index < -0.39 is 0 Å². The maximum atomic E-state index is 12.2. The third-order valence-electron chi connectivity index (χ3n) is 4.19. The number of nitrogens with one attached hydrogen (secondary N) is 2. The molecule has 0 spiro atoms.